The molecule has 0 saturated heterocycles. The van der Waals surface area contributed by atoms with Gasteiger partial charge < -0.3 is 5.32 Å². The maximum atomic E-state index is 12.9. The number of hydrogen-bond acceptors (Lipinski definition) is 6. The lowest BCUT2D eigenvalue weighted by Crippen LogP contribution is -2.38. The average molecular weight is 456 g/mol. The van der Waals surface area contributed by atoms with Gasteiger partial charge in [0, 0.05) is 25.2 Å². The summed E-state index contributed by atoms with van der Waals surface area (Å²) < 4.78 is 2.38. The summed E-state index contributed by atoms with van der Waals surface area (Å²) in [6.45, 7) is 10.0. The van der Waals surface area contributed by atoms with Gasteiger partial charge in [-0.1, -0.05) is 64.6 Å². The highest BCUT2D eigenvalue weighted by molar-refractivity contribution is 8.00. The minimum Gasteiger partial charge on any atom is -0.325 e. The molecular weight excluding hydrogens is 426 g/mol. The number of benzene rings is 1. The van der Waals surface area contributed by atoms with Gasteiger partial charge in [-0.3, -0.25) is 18.7 Å². The van der Waals surface area contributed by atoms with Crippen molar-refractivity contribution < 1.29 is 4.79 Å². The van der Waals surface area contributed by atoms with E-state index in [0.717, 1.165) is 15.8 Å². The minimum absolute atomic E-state index is 0.0636. The van der Waals surface area contributed by atoms with Gasteiger partial charge in [0.2, 0.25) is 5.91 Å². The molecule has 2 heterocycles. The monoisotopic (exact) mass is 455 g/mol. The number of nitrogens with one attached hydrogen (secondary N) is 1. The first-order valence-electron chi connectivity index (χ1n) is 10.4. The molecule has 0 unspecified atom stereocenters. The number of hydrogen-bond donors (Lipinski definition) is 1. The Kier molecular flexibility index (Phi) is 6.59. The second kappa shape index (κ2) is 8.90. The topological polar surface area (TPSA) is 98.9 Å². The summed E-state index contributed by atoms with van der Waals surface area (Å²) in [6, 6.07) is 7.69. The minimum atomic E-state index is -0.475. The second-order valence-electron chi connectivity index (χ2n) is 9.09. The first kappa shape index (κ1) is 23.7. The highest BCUT2D eigenvalue weighted by Gasteiger charge is 2.24. The van der Waals surface area contributed by atoms with Crippen LogP contribution in [0.3, 0.4) is 0 Å². The van der Waals surface area contributed by atoms with Gasteiger partial charge in [-0.25, -0.2) is 14.8 Å². The lowest BCUT2D eigenvalue weighted by atomic mass is 9.96. The number of carbonyl (C=O) groups excluding carboxylic acids is 1. The number of fused-ring (bicyclic) bond motifs is 1. The smallest absolute Gasteiger partial charge is 0.325 e. The van der Waals surface area contributed by atoms with Crippen molar-refractivity contribution in [2.24, 2.45) is 14.1 Å². The Morgan fingerprint density at radius 3 is 2.38 bits per heavy atom. The normalized spacial score (nSPS) is 11.9. The van der Waals surface area contributed by atoms with E-state index in [2.05, 4.69) is 29.1 Å². The molecule has 170 valence electrons. The molecule has 0 fully saturated rings. The fraction of sp³-hybridized carbons (Fsp3) is 0.435. The Morgan fingerprint density at radius 1 is 1.09 bits per heavy atom. The van der Waals surface area contributed by atoms with Crippen LogP contribution in [0.5, 0.6) is 0 Å². The Hall–Kier alpha value is -2.94. The van der Waals surface area contributed by atoms with Crippen molar-refractivity contribution in [3.05, 3.63) is 56.5 Å². The molecule has 9 heteroatoms. The van der Waals surface area contributed by atoms with Crippen molar-refractivity contribution in [3.8, 4) is 0 Å². The van der Waals surface area contributed by atoms with Gasteiger partial charge in [-0.15, -0.1) is 0 Å². The molecule has 3 rings (SSSR count). The van der Waals surface area contributed by atoms with Crippen molar-refractivity contribution in [1.29, 1.82) is 0 Å². The third-order valence-electron chi connectivity index (χ3n) is 5.13. The van der Waals surface area contributed by atoms with Crippen molar-refractivity contribution in [2.75, 3.05) is 11.1 Å². The summed E-state index contributed by atoms with van der Waals surface area (Å²) in [7, 11) is 3.00. The standard InChI is InChI=1S/C23H29N5O3S/c1-13(2)14-10-8-9-11-15(14)24-16(29)12-32-19-17-18(25-21(26-19)23(3,4)5)27(6)22(31)28(7)20(17)30/h8-11,13H,12H2,1-7H3,(H,24,29). The zero-order chi connectivity index (χ0) is 23.8. The van der Waals surface area contributed by atoms with E-state index in [1.54, 1.807) is 7.05 Å². The van der Waals surface area contributed by atoms with Crippen molar-refractivity contribution in [2.45, 2.75) is 51.0 Å². The molecule has 1 aromatic carbocycles. The molecule has 0 bridgehead atoms. The predicted octanol–water partition coefficient (Wildman–Crippen LogP) is 3.18. The van der Waals surface area contributed by atoms with Gasteiger partial charge >= 0.3 is 5.69 Å². The lowest BCUT2D eigenvalue weighted by molar-refractivity contribution is -0.113. The van der Waals surface area contributed by atoms with Crippen LogP contribution in [0, 0.1) is 0 Å². The van der Waals surface area contributed by atoms with Crippen LogP contribution in [0.2, 0.25) is 0 Å². The molecule has 0 aliphatic heterocycles. The molecule has 0 spiro atoms. The molecule has 32 heavy (non-hydrogen) atoms. The number of aromatic nitrogens is 4. The highest BCUT2D eigenvalue weighted by Crippen LogP contribution is 2.28. The lowest BCUT2D eigenvalue weighted by Gasteiger charge is -2.19. The van der Waals surface area contributed by atoms with Gasteiger partial charge in [0.25, 0.3) is 5.56 Å². The fourth-order valence-electron chi connectivity index (χ4n) is 3.30. The molecule has 0 aliphatic rings. The van der Waals surface area contributed by atoms with Gasteiger partial charge in [-0.05, 0) is 17.5 Å². The maximum Gasteiger partial charge on any atom is 0.332 e. The van der Waals surface area contributed by atoms with Crippen LogP contribution in [0.25, 0.3) is 11.0 Å². The average Bonchev–Trinajstić information content (AvgIpc) is 2.73. The molecule has 3 aromatic rings. The van der Waals surface area contributed by atoms with E-state index in [4.69, 9.17) is 0 Å². The van der Waals surface area contributed by atoms with Crippen LogP contribution >= 0.6 is 11.8 Å². The van der Waals surface area contributed by atoms with Crippen molar-refractivity contribution in [3.63, 3.8) is 0 Å². The summed E-state index contributed by atoms with van der Waals surface area (Å²) in [4.78, 5) is 47.2. The van der Waals surface area contributed by atoms with Gasteiger partial charge in [0.15, 0.2) is 5.65 Å². The van der Waals surface area contributed by atoms with Crippen LogP contribution in [0.1, 0.15) is 51.9 Å². The Labute approximate surface area is 191 Å². The van der Waals surface area contributed by atoms with E-state index in [0.29, 0.717) is 10.9 Å². The van der Waals surface area contributed by atoms with Crippen LogP contribution < -0.4 is 16.6 Å². The van der Waals surface area contributed by atoms with Crippen LogP contribution in [-0.2, 0) is 24.3 Å². The molecule has 0 atom stereocenters. The number of para-hydroxylation sites is 1. The zero-order valence-electron chi connectivity index (χ0n) is 19.5. The van der Waals surface area contributed by atoms with E-state index < -0.39 is 16.7 Å². The van der Waals surface area contributed by atoms with Gasteiger partial charge in [-0.2, -0.15) is 0 Å². The third kappa shape index (κ3) is 4.62. The summed E-state index contributed by atoms with van der Waals surface area (Å²) in [5, 5.41) is 3.59. The molecule has 0 aliphatic carbocycles. The number of aryl methyl sites for hydroxylation is 1. The van der Waals surface area contributed by atoms with Gasteiger partial charge in [0.1, 0.15) is 16.2 Å². The Bertz CT molecular complexity index is 1300. The molecule has 0 radical (unpaired) electrons. The second-order valence-corrected chi connectivity index (χ2v) is 10.0. The number of rotatable bonds is 5. The summed E-state index contributed by atoms with van der Waals surface area (Å²) in [5.41, 5.74) is 0.758. The molecule has 1 amide bonds. The van der Waals surface area contributed by atoms with Crippen molar-refractivity contribution in [1.82, 2.24) is 19.1 Å². The van der Waals surface area contributed by atoms with Crippen LogP contribution in [-0.4, -0.2) is 30.8 Å². The fourth-order valence-corrected chi connectivity index (χ4v) is 4.12. The van der Waals surface area contributed by atoms with E-state index in [9.17, 15) is 14.4 Å². The van der Waals surface area contributed by atoms with Crippen LogP contribution in [0.4, 0.5) is 5.69 Å². The third-order valence-corrected chi connectivity index (χ3v) is 6.11. The van der Waals surface area contributed by atoms with E-state index in [1.807, 2.05) is 45.0 Å². The predicted molar refractivity (Wildman–Crippen MR) is 129 cm³/mol. The summed E-state index contributed by atoms with van der Waals surface area (Å²) >= 11 is 1.17. The molecule has 8 nitrogen and oxygen atoms in total. The first-order valence-corrected chi connectivity index (χ1v) is 11.4. The largest absolute Gasteiger partial charge is 0.332 e. The highest BCUT2D eigenvalue weighted by atomic mass is 32.2. The van der Waals surface area contributed by atoms with Gasteiger partial charge in [0.05, 0.1) is 5.75 Å². The van der Waals surface area contributed by atoms with Crippen LogP contribution in [0.15, 0.2) is 38.9 Å². The summed E-state index contributed by atoms with van der Waals surface area (Å²) in [6.07, 6.45) is 0. The zero-order valence-corrected chi connectivity index (χ0v) is 20.3. The van der Waals surface area contributed by atoms with E-state index in [-0.39, 0.29) is 28.6 Å². The first-order chi connectivity index (χ1) is 14.9. The number of nitrogens with zero attached hydrogens (tertiary/aromatic N) is 4. The Balaban J connectivity index is 2.01. The molecule has 0 saturated carbocycles. The SMILES string of the molecule is CC(C)c1ccccc1NC(=O)CSc1nc(C(C)(C)C)nc2c1c(=O)n(C)c(=O)n2C. The summed E-state index contributed by atoms with van der Waals surface area (Å²) in [5.74, 6) is 0.632. The molecule has 2 aromatic heterocycles. The van der Waals surface area contributed by atoms with Crippen molar-refractivity contribution >= 4 is 34.4 Å². The number of amides is 1. The number of anilines is 1. The number of thioether (sulfide) groups is 1. The van der Waals surface area contributed by atoms with E-state index >= 15 is 0 Å². The maximum absolute atomic E-state index is 12.9. The van der Waals surface area contributed by atoms with E-state index in [1.165, 1.54) is 23.4 Å². The number of carbonyl (C=O) groups is 1. The Morgan fingerprint density at radius 2 is 1.75 bits per heavy atom. The quantitative estimate of drug-likeness (QED) is 0.469. The molecule has 1 N–H and O–H groups in total. The molecular formula is C23H29N5O3S.